The molecule has 0 heterocycles. The first kappa shape index (κ1) is 19.5. The topological polar surface area (TPSA) is 76.0 Å². The maximum atomic E-state index is 11.3. The number of carboxylic acid groups (broad SMARTS) is 1. The van der Waals surface area contributed by atoms with Gasteiger partial charge in [-0.1, -0.05) is 30.3 Å². The zero-order chi connectivity index (χ0) is 14.3. The minimum Gasteiger partial charge on any atom is -0.479 e. The van der Waals surface area contributed by atoms with E-state index in [0.717, 1.165) is 0 Å². The van der Waals surface area contributed by atoms with E-state index in [-0.39, 0.29) is 57.8 Å². The van der Waals surface area contributed by atoms with Gasteiger partial charge in [0, 0.05) is 57.1 Å². The molecular weight excluding hydrogens is 285 g/mol. The van der Waals surface area contributed by atoms with Crippen LogP contribution in [-0.2, 0) is 14.3 Å². The zero-order valence-electron chi connectivity index (χ0n) is 12.0. The predicted octanol–water partition coefficient (Wildman–Crippen LogP) is 1.85. The molecule has 1 N–H and O–H groups in total. The van der Waals surface area contributed by atoms with Crippen molar-refractivity contribution >= 4 is 69.0 Å². The molecule has 0 saturated heterocycles. The molecule has 1 aromatic carbocycles. The van der Waals surface area contributed by atoms with Crippen molar-refractivity contribution in [1.82, 2.24) is 0 Å². The number of esters is 1. The number of carbonyl (C=O) groups excluding carboxylic acids is 1. The Hall–Kier alpha value is -0.534. The number of ether oxygens (including phenoxy) is 1. The largest absolute Gasteiger partial charge is 0.479 e. The standard InChI is InChI=1S/C14H17NO4.K/c1-3-19-12(16)9-10(2)15-13(14(17)18)11-7-5-4-6-8-11;/h4-8,13H,3,9H2,1-2H3,(H,17,18);/t13-;/m1./s1. The maximum Gasteiger partial charge on any atom is 0.333 e. The van der Waals surface area contributed by atoms with Crippen molar-refractivity contribution in [2.45, 2.75) is 26.3 Å². The second kappa shape index (κ2) is 10.2. The number of rotatable bonds is 6. The smallest absolute Gasteiger partial charge is 0.333 e. The molecule has 1 aromatic rings. The summed E-state index contributed by atoms with van der Waals surface area (Å²) in [6.45, 7) is 3.64. The van der Waals surface area contributed by atoms with Crippen LogP contribution in [0.3, 0.4) is 0 Å². The minimum absolute atomic E-state index is 0. The van der Waals surface area contributed by atoms with E-state index >= 15 is 0 Å². The molecule has 0 unspecified atom stereocenters. The normalized spacial score (nSPS) is 12.2. The van der Waals surface area contributed by atoms with Crippen molar-refractivity contribution in [1.29, 1.82) is 0 Å². The number of carbonyl (C=O) groups is 2. The Balaban J connectivity index is 0.00000361. The van der Waals surface area contributed by atoms with Gasteiger partial charge in [-0.15, -0.1) is 0 Å². The number of hydrogen-bond donors (Lipinski definition) is 1. The molecule has 0 amide bonds. The Morgan fingerprint density at radius 1 is 1.30 bits per heavy atom. The third kappa shape index (κ3) is 6.76. The van der Waals surface area contributed by atoms with E-state index in [9.17, 15) is 14.7 Å². The van der Waals surface area contributed by atoms with Crippen LogP contribution in [0.15, 0.2) is 35.3 Å². The second-order valence-corrected chi connectivity index (χ2v) is 4.00. The quantitative estimate of drug-likeness (QED) is 0.494. The SMILES string of the molecule is CCOC(=O)CC(C)=N[C@@H](C(=O)O)c1ccccc1.[K]. The van der Waals surface area contributed by atoms with Gasteiger partial charge in [-0.25, -0.2) is 4.79 Å². The average Bonchev–Trinajstić information content (AvgIpc) is 2.37. The fraction of sp³-hybridized carbons (Fsp3) is 0.357. The first-order valence-corrected chi connectivity index (χ1v) is 6.01. The van der Waals surface area contributed by atoms with Crippen LogP contribution in [-0.4, -0.2) is 80.7 Å². The Labute approximate surface area is 160 Å². The molecule has 1 atom stereocenters. The van der Waals surface area contributed by atoms with E-state index < -0.39 is 18.0 Å². The molecule has 0 aliphatic rings. The van der Waals surface area contributed by atoms with E-state index in [4.69, 9.17) is 4.74 Å². The molecule has 1 radical (unpaired) electrons. The molecule has 6 heteroatoms. The van der Waals surface area contributed by atoms with Gasteiger partial charge in [-0.3, -0.25) is 9.79 Å². The summed E-state index contributed by atoms with van der Waals surface area (Å²) in [6.07, 6.45) is 0.00442. The van der Waals surface area contributed by atoms with Crippen molar-refractivity contribution < 1.29 is 19.4 Å². The van der Waals surface area contributed by atoms with Crippen LogP contribution in [0.1, 0.15) is 31.9 Å². The van der Waals surface area contributed by atoms with E-state index in [1.165, 1.54) is 0 Å². The van der Waals surface area contributed by atoms with E-state index in [2.05, 4.69) is 4.99 Å². The summed E-state index contributed by atoms with van der Waals surface area (Å²) in [4.78, 5) is 26.6. The average molecular weight is 302 g/mol. The van der Waals surface area contributed by atoms with Crippen molar-refractivity contribution in [2.24, 2.45) is 4.99 Å². The molecule has 0 bridgehead atoms. The van der Waals surface area contributed by atoms with Gasteiger partial charge in [0.1, 0.15) is 0 Å². The van der Waals surface area contributed by atoms with Crippen LogP contribution < -0.4 is 0 Å². The Morgan fingerprint density at radius 3 is 2.40 bits per heavy atom. The van der Waals surface area contributed by atoms with Gasteiger partial charge in [-0.05, 0) is 19.4 Å². The van der Waals surface area contributed by atoms with Gasteiger partial charge in [0.2, 0.25) is 0 Å². The van der Waals surface area contributed by atoms with Gasteiger partial charge in [0.05, 0.1) is 13.0 Å². The molecule has 0 aliphatic heterocycles. The molecule has 0 fully saturated rings. The van der Waals surface area contributed by atoms with Gasteiger partial charge in [0.15, 0.2) is 6.04 Å². The number of benzene rings is 1. The molecule has 5 nitrogen and oxygen atoms in total. The summed E-state index contributed by atoms with van der Waals surface area (Å²) < 4.78 is 4.79. The predicted molar refractivity (Wildman–Crippen MR) is 76.9 cm³/mol. The summed E-state index contributed by atoms with van der Waals surface area (Å²) in [5, 5.41) is 9.19. The van der Waals surface area contributed by atoms with E-state index in [0.29, 0.717) is 17.9 Å². The fourth-order valence-corrected chi connectivity index (χ4v) is 1.59. The number of aliphatic carboxylic acids is 1. The fourth-order valence-electron chi connectivity index (χ4n) is 1.59. The van der Waals surface area contributed by atoms with Crippen LogP contribution in [0.5, 0.6) is 0 Å². The van der Waals surface area contributed by atoms with Gasteiger partial charge in [-0.2, -0.15) is 0 Å². The molecule has 103 valence electrons. The van der Waals surface area contributed by atoms with Crippen LogP contribution in [0.25, 0.3) is 0 Å². The molecule has 1 rings (SSSR count). The van der Waals surface area contributed by atoms with E-state index in [1.54, 1.807) is 44.2 Å². The number of carboxylic acids is 1. The number of nitrogens with zero attached hydrogens (tertiary/aromatic N) is 1. The van der Waals surface area contributed by atoms with Crippen molar-refractivity contribution in [3.05, 3.63) is 35.9 Å². The maximum absolute atomic E-state index is 11.3. The third-order valence-corrected chi connectivity index (χ3v) is 2.40. The summed E-state index contributed by atoms with van der Waals surface area (Å²) in [5.74, 6) is -1.45. The van der Waals surface area contributed by atoms with Crippen molar-refractivity contribution in [2.75, 3.05) is 6.61 Å². The third-order valence-electron chi connectivity index (χ3n) is 2.40. The zero-order valence-corrected chi connectivity index (χ0v) is 15.1. The van der Waals surface area contributed by atoms with Gasteiger partial charge >= 0.3 is 11.9 Å². The Bertz CT molecular complexity index is 473. The monoisotopic (exact) mass is 302 g/mol. The Morgan fingerprint density at radius 2 is 1.90 bits per heavy atom. The first-order chi connectivity index (χ1) is 9.04. The molecule has 0 saturated carbocycles. The molecule has 0 aliphatic carbocycles. The summed E-state index contributed by atoms with van der Waals surface area (Å²) >= 11 is 0. The Kier molecular flexibility index (Phi) is 9.96. The van der Waals surface area contributed by atoms with Crippen molar-refractivity contribution in [3.8, 4) is 0 Å². The molecule has 0 spiro atoms. The number of hydrogen-bond acceptors (Lipinski definition) is 4. The number of aliphatic imine (C=N–C) groups is 1. The van der Waals surface area contributed by atoms with Gasteiger partial charge < -0.3 is 9.84 Å². The molecule has 0 aromatic heterocycles. The second-order valence-electron chi connectivity index (χ2n) is 4.00. The van der Waals surface area contributed by atoms with E-state index in [1.807, 2.05) is 0 Å². The first-order valence-electron chi connectivity index (χ1n) is 6.01. The summed E-state index contributed by atoms with van der Waals surface area (Å²) in [7, 11) is 0. The molecule has 20 heavy (non-hydrogen) atoms. The summed E-state index contributed by atoms with van der Waals surface area (Å²) in [5.41, 5.74) is 1.02. The minimum atomic E-state index is -1.05. The van der Waals surface area contributed by atoms with Crippen LogP contribution >= 0.6 is 0 Å². The van der Waals surface area contributed by atoms with Crippen LogP contribution in [0, 0.1) is 0 Å². The molecular formula is C14H17KNO4. The van der Waals surface area contributed by atoms with Crippen LogP contribution in [0.2, 0.25) is 0 Å². The van der Waals surface area contributed by atoms with Crippen LogP contribution in [0.4, 0.5) is 0 Å². The van der Waals surface area contributed by atoms with Crippen molar-refractivity contribution in [3.63, 3.8) is 0 Å². The summed E-state index contributed by atoms with van der Waals surface area (Å²) in [6, 6.07) is 7.70. The van der Waals surface area contributed by atoms with Gasteiger partial charge in [0.25, 0.3) is 0 Å².